The van der Waals surface area contributed by atoms with Gasteiger partial charge < -0.3 is 5.11 Å². The van der Waals surface area contributed by atoms with Gasteiger partial charge in [-0.3, -0.25) is 4.79 Å². The number of hydrogen-bond acceptors (Lipinski definition) is 3. The van der Waals surface area contributed by atoms with Crippen molar-refractivity contribution in [3.63, 3.8) is 0 Å². The molecule has 0 rings (SSSR count). The number of aliphatic carboxylic acids is 1. The van der Waals surface area contributed by atoms with Gasteiger partial charge in [0.05, 0.1) is 12.2 Å². The zero-order valence-electron chi connectivity index (χ0n) is 8.14. The van der Waals surface area contributed by atoms with E-state index in [4.69, 9.17) is 5.11 Å². The maximum atomic E-state index is 11.4. The van der Waals surface area contributed by atoms with Gasteiger partial charge in [0.1, 0.15) is 0 Å². The molecule has 82 valence electrons. The van der Waals surface area contributed by atoms with Crippen molar-refractivity contribution in [1.82, 2.24) is 4.31 Å². The highest BCUT2D eigenvalue weighted by molar-refractivity contribution is 7.89. The number of carboxylic acid groups (broad SMARTS) is 1. The van der Waals surface area contributed by atoms with Crippen LogP contribution < -0.4 is 0 Å². The van der Waals surface area contributed by atoms with Crippen LogP contribution in [-0.2, 0) is 14.8 Å². The van der Waals surface area contributed by atoms with Crippen molar-refractivity contribution in [2.75, 3.05) is 18.8 Å². The van der Waals surface area contributed by atoms with Crippen LogP contribution >= 0.6 is 0 Å². The Morgan fingerprint density at radius 1 is 1.57 bits per heavy atom. The average Bonchev–Trinajstić information content (AvgIpc) is 2.03. The summed E-state index contributed by atoms with van der Waals surface area (Å²) in [5, 5.41) is 8.41. The summed E-state index contributed by atoms with van der Waals surface area (Å²) in [6, 6.07) is 0. The van der Waals surface area contributed by atoms with Crippen molar-refractivity contribution >= 4 is 16.0 Å². The first-order valence-corrected chi connectivity index (χ1v) is 5.85. The van der Waals surface area contributed by atoms with Crippen molar-refractivity contribution in [2.24, 2.45) is 0 Å². The van der Waals surface area contributed by atoms with E-state index in [0.29, 0.717) is 0 Å². The molecule has 0 aliphatic carbocycles. The first kappa shape index (κ1) is 13.1. The fourth-order valence-electron chi connectivity index (χ4n) is 0.969. The molecule has 0 saturated heterocycles. The van der Waals surface area contributed by atoms with E-state index >= 15 is 0 Å². The van der Waals surface area contributed by atoms with Crippen molar-refractivity contribution in [1.29, 1.82) is 0 Å². The largest absolute Gasteiger partial charge is 0.481 e. The van der Waals surface area contributed by atoms with E-state index in [0.717, 1.165) is 4.31 Å². The van der Waals surface area contributed by atoms with Crippen LogP contribution in [0.25, 0.3) is 0 Å². The molecule has 0 heterocycles. The predicted octanol–water partition coefficient (Wildman–Crippen LogP) is 0.299. The molecule has 0 aromatic carbocycles. The second kappa shape index (κ2) is 5.77. The summed E-state index contributed by atoms with van der Waals surface area (Å²) in [5.41, 5.74) is 0. The molecule has 6 heteroatoms. The molecule has 0 aliphatic rings. The summed E-state index contributed by atoms with van der Waals surface area (Å²) in [6.45, 7) is 5.30. The first-order valence-electron chi connectivity index (χ1n) is 4.24. The van der Waals surface area contributed by atoms with Crippen LogP contribution in [-0.4, -0.2) is 42.6 Å². The third-order valence-electron chi connectivity index (χ3n) is 1.65. The Labute approximate surface area is 84.1 Å². The molecule has 0 bridgehead atoms. The van der Waals surface area contributed by atoms with Gasteiger partial charge in [0, 0.05) is 13.1 Å². The smallest absolute Gasteiger partial charge is 0.304 e. The Morgan fingerprint density at radius 2 is 2.14 bits per heavy atom. The molecule has 0 unspecified atom stereocenters. The number of carbonyl (C=O) groups is 1. The lowest BCUT2D eigenvalue weighted by molar-refractivity contribution is -0.137. The van der Waals surface area contributed by atoms with Gasteiger partial charge in [0.2, 0.25) is 10.0 Å². The summed E-state index contributed by atoms with van der Waals surface area (Å²) in [6.07, 6.45) is 1.11. The zero-order valence-corrected chi connectivity index (χ0v) is 8.96. The van der Waals surface area contributed by atoms with Crippen LogP contribution in [0, 0.1) is 0 Å². The fraction of sp³-hybridized carbons (Fsp3) is 0.625. The highest BCUT2D eigenvalue weighted by Gasteiger charge is 2.18. The Morgan fingerprint density at radius 3 is 2.50 bits per heavy atom. The highest BCUT2D eigenvalue weighted by atomic mass is 32.2. The highest BCUT2D eigenvalue weighted by Crippen LogP contribution is 2.02. The topological polar surface area (TPSA) is 74.7 Å². The van der Waals surface area contributed by atoms with Crippen molar-refractivity contribution in [3.05, 3.63) is 12.7 Å². The summed E-state index contributed by atoms with van der Waals surface area (Å²) in [7, 11) is -3.37. The number of sulfonamides is 1. The second-order valence-electron chi connectivity index (χ2n) is 2.70. The Hall–Kier alpha value is -0.880. The van der Waals surface area contributed by atoms with Gasteiger partial charge in [-0.2, -0.15) is 0 Å². The lowest BCUT2D eigenvalue weighted by atomic mass is 10.4. The van der Waals surface area contributed by atoms with E-state index in [1.807, 2.05) is 0 Å². The molecule has 0 aliphatic heterocycles. The van der Waals surface area contributed by atoms with Crippen LogP contribution in [0.3, 0.4) is 0 Å². The van der Waals surface area contributed by atoms with E-state index in [-0.39, 0.29) is 25.3 Å². The van der Waals surface area contributed by atoms with E-state index < -0.39 is 16.0 Å². The minimum Gasteiger partial charge on any atom is -0.481 e. The zero-order chi connectivity index (χ0) is 11.2. The molecule has 0 atom stereocenters. The van der Waals surface area contributed by atoms with Gasteiger partial charge in [0.25, 0.3) is 0 Å². The Kier molecular flexibility index (Phi) is 5.40. The molecule has 14 heavy (non-hydrogen) atoms. The SMILES string of the molecule is C=CCS(=O)(=O)N(CC)CCC(=O)O. The number of hydrogen-bond donors (Lipinski definition) is 1. The maximum Gasteiger partial charge on any atom is 0.304 e. The Balaban J connectivity index is 4.39. The monoisotopic (exact) mass is 221 g/mol. The normalized spacial score (nSPS) is 11.6. The molecule has 0 aromatic rings. The number of rotatable bonds is 7. The molecular formula is C8H15NO4S. The molecule has 0 radical (unpaired) electrons. The van der Waals surface area contributed by atoms with Crippen molar-refractivity contribution < 1.29 is 18.3 Å². The van der Waals surface area contributed by atoms with Crippen molar-refractivity contribution in [2.45, 2.75) is 13.3 Å². The fourth-order valence-corrected chi connectivity index (χ4v) is 2.24. The molecule has 5 nitrogen and oxygen atoms in total. The minimum atomic E-state index is -3.37. The average molecular weight is 221 g/mol. The van der Waals surface area contributed by atoms with Gasteiger partial charge >= 0.3 is 5.97 Å². The van der Waals surface area contributed by atoms with Crippen LogP contribution in [0.5, 0.6) is 0 Å². The van der Waals surface area contributed by atoms with E-state index in [9.17, 15) is 13.2 Å². The molecule has 0 fully saturated rings. The number of carboxylic acids is 1. The molecule has 1 N–H and O–H groups in total. The van der Waals surface area contributed by atoms with Gasteiger partial charge in [-0.1, -0.05) is 13.0 Å². The van der Waals surface area contributed by atoms with E-state index in [1.54, 1.807) is 6.92 Å². The molecule has 0 aromatic heterocycles. The molecule has 0 spiro atoms. The molecule has 0 amide bonds. The lowest BCUT2D eigenvalue weighted by Gasteiger charge is -2.18. The first-order chi connectivity index (χ1) is 6.44. The quantitative estimate of drug-likeness (QED) is 0.627. The van der Waals surface area contributed by atoms with Crippen LogP contribution in [0.4, 0.5) is 0 Å². The van der Waals surface area contributed by atoms with Gasteiger partial charge in [-0.15, -0.1) is 6.58 Å². The third-order valence-corrected chi connectivity index (χ3v) is 3.53. The molecule has 0 saturated carbocycles. The summed E-state index contributed by atoms with van der Waals surface area (Å²) in [4.78, 5) is 10.3. The van der Waals surface area contributed by atoms with Crippen LogP contribution in [0.1, 0.15) is 13.3 Å². The van der Waals surface area contributed by atoms with Crippen LogP contribution in [0.15, 0.2) is 12.7 Å². The maximum absolute atomic E-state index is 11.4. The lowest BCUT2D eigenvalue weighted by Crippen LogP contribution is -2.34. The Bertz CT molecular complexity index is 296. The summed E-state index contributed by atoms with van der Waals surface area (Å²) >= 11 is 0. The van der Waals surface area contributed by atoms with Gasteiger partial charge in [-0.25, -0.2) is 12.7 Å². The van der Waals surface area contributed by atoms with Gasteiger partial charge in [-0.05, 0) is 0 Å². The minimum absolute atomic E-state index is 0.0159. The summed E-state index contributed by atoms with van der Waals surface area (Å²) < 4.78 is 24.0. The van der Waals surface area contributed by atoms with E-state index in [2.05, 4.69) is 6.58 Å². The van der Waals surface area contributed by atoms with Crippen LogP contribution in [0.2, 0.25) is 0 Å². The predicted molar refractivity (Wildman–Crippen MR) is 53.5 cm³/mol. The molecular weight excluding hydrogens is 206 g/mol. The third kappa shape index (κ3) is 4.38. The van der Waals surface area contributed by atoms with Gasteiger partial charge in [0.15, 0.2) is 0 Å². The van der Waals surface area contributed by atoms with E-state index in [1.165, 1.54) is 6.08 Å². The summed E-state index contributed by atoms with van der Waals surface area (Å²) in [5.74, 6) is -1.15. The standard InChI is InChI=1S/C8H15NO4S/c1-3-7-14(12,13)9(4-2)6-5-8(10)11/h3H,1,4-7H2,2H3,(H,10,11). The second-order valence-corrected chi connectivity index (χ2v) is 4.72. The van der Waals surface area contributed by atoms with Crippen molar-refractivity contribution in [3.8, 4) is 0 Å². The number of nitrogens with zero attached hydrogens (tertiary/aromatic N) is 1.